The SMILES string of the molecule is Cc1ccc2c(c1)Oc1cccnc1C2NC(=O)C1C=CC(C(F)(F)F)=NC1=O. The van der Waals surface area contributed by atoms with Crippen LogP contribution in [0.25, 0.3) is 0 Å². The molecule has 2 aliphatic rings. The first-order valence-corrected chi connectivity index (χ1v) is 8.65. The number of carbonyl (C=O) groups is 2. The molecule has 0 fully saturated rings. The summed E-state index contributed by atoms with van der Waals surface area (Å²) in [6.07, 6.45) is -1.68. The summed E-state index contributed by atoms with van der Waals surface area (Å²) in [5.41, 5.74) is 0.678. The average molecular weight is 401 g/mol. The second kappa shape index (κ2) is 6.84. The van der Waals surface area contributed by atoms with Gasteiger partial charge in [0.15, 0.2) is 5.75 Å². The maximum Gasteiger partial charge on any atom is 0.433 e. The van der Waals surface area contributed by atoms with E-state index in [1.54, 1.807) is 24.3 Å². The number of alkyl halides is 3. The number of allylic oxidation sites excluding steroid dienone is 1. The highest BCUT2D eigenvalue weighted by Crippen LogP contribution is 2.42. The van der Waals surface area contributed by atoms with Crippen LogP contribution in [0.2, 0.25) is 0 Å². The normalized spacial score (nSPS) is 20.3. The van der Waals surface area contributed by atoms with Gasteiger partial charge in [-0.25, -0.2) is 4.99 Å². The molecule has 4 rings (SSSR count). The molecule has 2 aliphatic heterocycles. The van der Waals surface area contributed by atoms with Crippen molar-refractivity contribution < 1.29 is 27.5 Å². The van der Waals surface area contributed by atoms with Gasteiger partial charge in [-0.05, 0) is 36.8 Å². The van der Waals surface area contributed by atoms with Gasteiger partial charge in [-0.15, -0.1) is 0 Å². The Labute approximate surface area is 163 Å². The van der Waals surface area contributed by atoms with Gasteiger partial charge in [0.2, 0.25) is 5.91 Å². The van der Waals surface area contributed by atoms with Crippen LogP contribution in [0.5, 0.6) is 11.5 Å². The molecule has 29 heavy (non-hydrogen) atoms. The fourth-order valence-corrected chi connectivity index (χ4v) is 3.17. The summed E-state index contributed by atoms with van der Waals surface area (Å²) in [5, 5.41) is 2.70. The molecule has 9 heteroatoms. The maximum atomic E-state index is 12.7. The lowest BCUT2D eigenvalue weighted by molar-refractivity contribution is -0.132. The molecule has 2 atom stereocenters. The fraction of sp³-hybridized carbons (Fsp3) is 0.200. The number of pyridine rings is 1. The lowest BCUT2D eigenvalue weighted by Gasteiger charge is -2.29. The third-order valence-electron chi connectivity index (χ3n) is 4.58. The number of amides is 2. The molecule has 2 amide bonds. The van der Waals surface area contributed by atoms with E-state index in [2.05, 4.69) is 15.3 Å². The van der Waals surface area contributed by atoms with E-state index in [9.17, 15) is 22.8 Å². The van der Waals surface area contributed by atoms with Gasteiger partial charge in [-0.1, -0.05) is 18.2 Å². The number of carbonyl (C=O) groups excluding carboxylic acids is 2. The number of hydrogen-bond acceptors (Lipinski definition) is 4. The van der Waals surface area contributed by atoms with Crippen LogP contribution in [-0.2, 0) is 9.59 Å². The third-order valence-corrected chi connectivity index (χ3v) is 4.58. The van der Waals surface area contributed by atoms with Gasteiger partial charge in [0.05, 0.1) is 0 Å². The first-order valence-electron chi connectivity index (χ1n) is 8.65. The lowest BCUT2D eigenvalue weighted by atomic mass is 9.96. The van der Waals surface area contributed by atoms with Crippen LogP contribution >= 0.6 is 0 Å². The zero-order valence-corrected chi connectivity index (χ0v) is 15.0. The molecule has 0 saturated carbocycles. The number of aliphatic imine (C=N–C) groups is 1. The van der Waals surface area contributed by atoms with E-state index in [0.29, 0.717) is 28.8 Å². The van der Waals surface area contributed by atoms with Crippen LogP contribution in [0.3, 0.4) is 0 Å². The maximum absolute atomic E-state index is 12.7. The molecule has 0 radical (unpaired) electrons. The number of halogens is 3. The molecule has 1 N–H and O–H groups in total. The van der Waals surface area contributed by atoms with E-state index in [1.165, 1.54) is 6.20 Å². The molecule has 0 aliphatic carbocycles. The largest absolute Gasteiger partial charge is 0.455 e. The Bertz CT molecular complexity index is 1080. The van der Waals surface area contributed by atoms with Crippen LogP contribution in [-0.4, -0.2) is 28.7 Å². The van der Waals surface area contributed by atoms with E-state index in [-0.39, 0.29) is 0 Å². The van der Waals surface area contributed by atoms with E-state index in [1.807, 2.05) is 13.0 Å². The minimum Gasteiger partial charge on any atom is -0.455 e. The summed E-state index contributed by atoms with van der Waals surface area (Å²) in [5.74, 6) is -2.43. The predicted octanol–water partition coefficient (Wildman–Crippen LogP) is 3.42. The Kier molecular flexibility index (Phi) is 4.45. The highest BCUT2D eigenvalue weighted by Gasteiger charge is 2.40. The summed E-state index contributed by atoms with van der Waals surface area (Å²) in [6, 6.07) is 8.05. The molecule has 0 saturated heterocycles. The van der Waals surface area contributed by atoms with Crippen molar-refractivity contribution in [1.82, 2.24) is 10.3 Å². The number of dihydropyridines is 1. The van der Waals surface area contributed by atoms with Gasteiger partial charge in [0.25, 0.3) is 5.91 Å². The van der Waals surface area contributed by atoms with Gasteiger partial charge < -0.3 is 10.1 Å². The van der Waals surface area contributed by atoms with Crippen LogP contribution in [0.1, 0.15) is 22.9 Å². The minimum atomic E-state index is -4.76. The zero-order chi connectivity index (χ0) is 20.8. The average Bonchev–Trinajstić information content (AvgIpc) is 2.66. The number of nitrogens with zero attached hydrogens (tertiary/aromatic N) is 2. The van der Waals surface area contributed by atoms with E-state index < -0.39 is 35.7 Å². The first-order chi connectivity index (χ1) is 13.7. The monoisotopic (exact) mass is 401 g/mol. The number of nitrogens with one attached hydrogen (secondary N) is 1. The Morgan fingerprint density at radius 1 is 1.21 bits per heavy atom. The zero-order valence-electron chi connectivity index (χ0n) is 15.0. The van der Waals surface area contributed by atoms with Gasteiger partial charge in [-0.3, -0.25) is 14.6 Å². The van der Waals surface area contributed by atoms with Gasteiger partial charge >= 0.3 is 6.18 Å². The Morgan fingerprint density at radius 3 is 2.72 bits per heavy atom. The molecule has 148 valence electrons. The van der Waals surface area contributed by atoms with Gasteiger partial charge in [-0.2, -0.15) is 13.2 Å². The summed E-state index contributed by atoms with van der Waals surface area (Å²) in [4.78, 5) is 32.0. The second-order valence-electron chi connectivity index (χ2n) is 6.64. The van der Waals surface area contributed by atoms with Crippen molar-refractivity contribution in [2.45, 2.75) is 19.1 Å². The number of aryl methyl sites for hydroxylation is 1. The minimum absolute atomic E-state index is 0.434. The van der Waals surface area contributed by atoms with Crippen molar-refractivity contribution in [1.29, 1.82) is 0 Å². The molecule has 2 aromatic rings. The smallest absolute Gasteiger partial charge is 0.433 e. The molecule has 2 unspecified atom stereocenters. The third kappa shape index (κ3) is 3.51. The number of aromatic nitrogens is 1. The number of fused-ring (bicyclic) bond motifs is 2. The van der Waals surface area contributed by atoms with Gasteiger partial charge in [0, 0.05) is 11.8 Å². The highest BCUT2D eigenvalue weighted by molar-refractivity contribution is 6.14. The molecule has 0 bridgehead atoms. The number of benzene rings is 1. The van der Waals surface area contributed by atoms with Gasteiger partial charge in [0.1, 0.15) is 29.1 Å². The van der Waals surface area contributed by atoms with E-state index in [4.69, 9.17) is 4.74 Å². The standard InChI is InChI=1S/C20H14F3N3O3/c1-10-4-5-11-14(9-10)29-13-3-2-8-24-17(13)16(11)26-19(28)12-6-7-15(20(21,22)23)25-18(12)27/h2-9,12,16H,1H3,(H,26,28). The van der Waals surface area contributed by atoms with Crippen LogP contribution in [0.4, 0.5) is 13.2 Å². The Hall–Kier alpha value is -3.49. The van der Waals surface area contributed by atoms with E-state index in [0.717, 1.165) is 11.6 Å². The van der Waals surface area contributed by atoms with Crippen LogP contribution in [0, 0.1) is 12.8 Å². The topological polar surface area (TPSA) is 80.7 Å². The molecular weight excluding hydrogens is 387 g/mol. The second-order valence-corrected chi connectivity index (χ2v) is 6.64. The van der Waals surface area contributed by atoms with Crippen LogP contribution < -0.4 is 10.1 Å². The molecule has 0 spiro atoms. The predicted molar refractivity (Wildman–Crippen MR) is 96.6 cm³/mol. The Balaban J connectivity index is 1.64. The van der Waals surface area contributed by atoms with Crippen molar-refractivity contribution in [2.75, 3.05) is 0 Å². The highest BCUT2D eigenvalue weighted by atomic mass is 19.4. The van der Waals surface area contributed by atoms with Crippen LogP contribution in [0.15, 0.2) is 53.7 Å². The Morgan fingerprint density at radius 2 is 2.00 bits per heavy atom. The lowest BCUT2D eigenvalue weighted by Crippen LogP contribution is -2.40. The molecule has 3 heterocycles. The van der Waals surface area contributed by atoms with E-state index >= 15 is 0 Å². The van der Waals surface area contributed by atoms with Crippen molar-refractivity contribution in [3.8, 4) is 11.5 Å². The molecular formula is C20H14F3N3O3. The number of rotatable bonds is 2. The summed E-state index contributed by atoms with van der Waals surface area (Å²) in [7, 11) is 0. The summed E-state index contributed by atoms with van der Waals surface area (Å²) in [6.45, 7) is 1.89. The van der Waals surface area contributed by atoms with Crippen molar-refractivity contribution >= 4 is 17.5 Å². The fourth-order valence-electron chi connectivity index (χ4n) is 3.17. The van der Waals surface area contributed by atoms with Crippen molar-refractivity contribution in [3.63, 3.8) is 0 Å². The number of ether oxygens (including phenoxy) is 1. The summed E-state index contributed by atoms with van der Waals surface area (Å²) < 4.78 is 44.0. The molecule has 6 nitrogen and oxygen atoms in total. The quantitative estimate of drug-likeness (QED) is 0.782. The summed E-state index contributed by atoms with van der Waals surface area (Å²) >= 11 is 0. The molecule has 1 aromatic heterocycles. The number of hydrogen-bond donors (Lipinski definition) is 1. The van der Waals surface area contributed by atoms with Crippen molar-refractivity contribution in [2.24, 2.45) is 10.9 Å². The molecule has 1 aromatic carbocycles. The van der Waals surface area contributed by atoms with Crippen molar-refractivity contribution in [3.05, 3.63) is 65.5 Å². The first kappa shape index (κ1) is 18.9.